The Balaban J connectivity index is 1.62. The van der Waals surface area contributed by atoms with Gasteiger partial charge >= 0.3 is 5.97 Å². The SMILES string of the molecule is CCc1cc(C(=O)OC)c(NC(=O)CSc2nnc(COc3ccc(Cl)cc3Cl)n2CC)s1. The number of benzene rings is 1. The van der Waals surface area contributed by atoms with Gasteiger partial charge in [-0.2, -0.15) is 0 Å². The molecule has 0 aliphatic carbocycles. The lowest BCUT2D eigenvalue weighted by molar-refractivity contribution is -0.113. The highest BCUT2D eigenvalue weighted by molar-refractivity contribution is 7.99. The second kappa shape index (κ2) is 11.7. The number of aryl methyl sites for hydroxylation is 1. The molecule has 2 heterocycles. The van der Waals surface area contributed by atoms with E-state index in [0.29, 0.717) is 43.9 Å². The van der Waals surface area contributed by atoms with E-state index in [1.807, 2.05) is 18.4 Å². The monoisotopic (exact) mass is 528 g/mol. The average molecular weight is 529 g/mol. The first-order valence-electron chi connectivity index (χ1n) is 9.99. The molecular formula is C21H22Cl2N4O4S2. The first-order chi connectivity index (χ1) is 15.9. The van der Waals surface area contributed by atoms with Gasteiger partial charge in [0.2, 0.25) is 5.91 Å². The minimum atomic E-state index is -0.481. The van der Waals surface area contributed by atoms with E-state index in [9.17, 15) is 9.59 Å². The van der Waals surface area contributed by atoms with Gasteiger partial charge in [-0.15, -0.1) is 21.5 Å². The smallest absolute Gasteiger partial charge is 0.340 e. The van der Waals surface area contributed by atoms with Gasteiger partial charge < -0.3 is 19.4 Å². The molecule has 0 radical (unpaired) electrons. The van der Waals surface area contributed by atoms with Crippen molar-refractivity contribution in [1.82, 2.24) is 14.8 Å². The minimum Gasteiger partial charge on any atom is -0.484 e. The number of esters is 1. The number of aromatic nitrogens is 3. The van der Waals surface area contributed by atoms with Crippen molar-refractivity contribution in [3.63, 3.8) is 0 Å². The van der Waals surface area contributed by atoms with Crippen molar-refractivity contribution < 1.29 is 19.1 Å². The van der Waals surface area contributed by atoms with Crippen LogP contribution in [0.5, 0.6) is 5.75 Å². The van der Waals surface area contributed by atoms with Crippen molar-refractivity contribution in [3.8, 4) is 5.75 Å². The highest BCUT2D eigenvalue weighted by atomic mass is 35.5. The number of hydrogen-bond donors (Lipinski definition) is 1. The van der Waals surface area contributed by atoms with E-state index < -0.39 is 5.97 Å². The fourth-order valence-corrected chi connectivity index (χ4v) is 5.13. The maximum absolute atomic E-state index is 12.5. The number of halogens is 2. The fourth-order valence-electron chi connectivity index (χ4n) is 2.85. The van der Waals surface area contributed by atoms with Crippen LogP contribution in [0.1, 0.15) is 34.9 Å². The highest BCUT2D eigenvalue weighted by Gasteiger charge is 2.19. The van der Waals surface area contributed by atoms with Crippen LogP contribution in [0.25, 0.3) is 0 Å². The summed E-state index contributed by atoms with van der Waals surface area (Å²) in [6.07, 6.45) is 0.755. The molecule has 0 unspecified atom stereocenters. The zero-order chi connectivity index (χ0) is 24.0. The molecule has 8 nitrogen and oxygen atoms in total. The van der Waals surface area contributed by atoms with Gasteiger partial charge in [-0.1, -0.05) is 41.9 Å². The lowest BCUT2D eigenvalue weighted by atomic mass is 10.2. The summed E-state index contributed by atoms with van der Waals surface area (Å²) in [7, 11) is 1.31. The molecule has 0 aliphatic heterocycles. The summed E-state index contributed by atoms with van der Waals surface area (Å²) in [5.41, 5.74) is 0.356. The van der Waals surface area contributed by atoms with Crippen LogP contribution in [-0.4, -0.2) is 39.5 Å². The largest absolute Gasteiger partial charge is 0.484 e. The molecule has 1 amide bonds. The minimum absolute atomic E-state index is 0.0992. The maximum Gasteiger partial charge on any atom is 0.340 e. The molecule has 0 atom stereocenters. The van der Waals surface area contributed by atoms with Gasteiger partial charge in [-0.3, -0.25) is 4.79 Å². The van der Waals surface area contributed by atoms with Gasteiger partial charge in [0.05, 0.1) is 23.4 Å². The van der Waals surface area contributed by atoms with Crippen LogP contribution >= 0.6 is 46.3 Å². The van der Waals surface area contributed by atoms with Crippen molar-refractivity contribution in [2.24, 2.45) is 0 Å². The van der Waals surface area contributed by atoms with Gasteiger partial charge in [0, 0.05) is 16.4 Å². The lowest BCUT2D eigenvalue weighted by Gasteiger charge is -2.10. The number of nitrogens with one attached hydrogen (secondary N) is 1. The molecular weight excluding hydrogens is 507 g/mol. The number of ether oxygens (including phenoxy) is 2. The molecule has 0 spiro atoms. The second-order valence-corrected chi connectivity index (χ2v) is 9.57. The Labute approximate surface area is 209 Å². The molecule has 1 aromatic carbocycles. The van der Waals surface area contributed by atoms with E-state index in [1.54, 1.807) is 24.3 Å². The molecule has 1 N–H and O–H groups in total. The van der Waals surface area contributed by atoms with Crippen molar-refractivity contribution in [1.29, 1.82) is 0 Å². The number of carbonyl (C=O) groups is 2. The summed E-state index contributed by atoms with van der Waals surface area (Å²) in [6, 6.07) is 6.72. The third-order valence-corrected chi connectivity index (χ3v) is 7.17. The van der Waals surface area contributed by atoms with E-state index in [0.717, 1.165) is 11.3 Å². The molecule has 176 valence electrons. The third-order valence-electron chi connectivity index (χ3n) is 4.48. The maximum atomic E-state index is 12.5. The summed E-state index contributed by atoms with van der Waals surface area (Å²) < 4.78 is 12.4. The quantitative estimate of drug-likeness (QED) is 0.280. The Kier molecular flexibility index (Phi) is 9.02. The van der Waals surface area contributed by atoms with E-state index in [2.05, 4.69) is 15.5 Å². The van der Waals surface area contributed by atoms with Gasteiger partial charge in [-0.25, -0.2) is 4.79 Å². The van der Waals surface area contributed by atoms with Crippen molar-refractivity contribution in [2.45, 2.75) is 38.6 Å². The highest BCUT2D eigenvalue weighted by Crippen LogP contribution is 2.30. The van der Waals surface area contributed by atoms with Gasteiger partial charge in [0.25, 0.3) is 0 Å². The van der Waals surface area contributed by atoms with Gasteiger partial charge in [0.1, 0.15) is 17.4 Å². The van der Waals surface area contributed by atoms with Crippen LogP contribution < -0.4 is 10.1 Å². The molecule has 2 aromatic heterocycles. The lowest BCUT2D eigenvalue weighted by Crippen LogP contribution is -2.16. The summed E-state index contributed by atoms with van der Waals surface area (Å²) >= 11 is 14.7. The van der Waals surface area contributed by atoms with E-state index in [-0.39, 0.29) is 18.3 Å². The Hall–Kier alpha value is -2.27. The molecule has 3 aromatic rings. The molecule has 3 rings (SSSR count). The first-order valence-corrected chi connectivity index (χ1v) is 12.6. The number of anilines is 1. The number of thiophene rings is 1. The van der Waals surface area contributed by atoms with Crippen LogP contribution in [-0.2, 0) is 29.1 Å². The number of rotatable bonds is 10. The second-order valence-electron chi connectivity index (χ2n) is 6.64. The molecule has 12 heteroatoms. The van der Waals surface area contributed by atoms with Crippen molar-refractivity contribution >= 4 is 63.2 Å². The zero-order valence-electron chi connectivity index (χ0n) is 18.2. The predicted octanol–water partition coefficient (Wildman–Crippen LogP) is 5.33. The molecule has 33 heavy (non-hydrogen) atoms. The predicted molar refractivity (Wildman–Crippen MR) is 131 cm³/mol. The van der Waals surface area contributed by atoms with Gasteiger partial charge in [0.15, 0.2) is 11.0 Å². The first kappa shape index (κ1) is 25.4. The van der Waals surface area contributed by atoms with E-state index >= 15 is 0 Å². The normalized spacial score (nSPS) is 10.8. The standard InChI is InChI=1S/C21H22Cl2N4O4S2/c1-4-13-9-14(20(29)30-3)19(33-13)24-18(28)11-32-21-26-25-17(27(21)5-2)10-31-16-7-6-12(22)8-15(16)23/h6-9H,4-5,10-11H2,1-3H3,(H,24,28). The zero-order valence-corrected chi connectivity index (χ0v) is 21.3. The number of nitrogens with zero attached hydrogens (tertiary/aromatic N) is 3. The fraction of sp³-hybridized carbons (Fsp3) is 0.333. The number of thioether (sulfide) groups is 1. The summed E-state index contributed by atoms with van der Waals surface area (Å²) in [4.78, 5) is 25.5. The third kappa shape index (κ3) is 6.41. The van der Waals surface area contributed by atoms with Gasteiger partial charge in [-0.05, 0) is 37.6 Å². The van der Waals surface area contributed by atoms with Crippen molar-refractivity contribution in [2.75, 3.05) is 18.2 Å². The summed E-state index contributed by atoms with van der Waals surface area (Å²) in [6.45, 7) is 4.69. The summed E-state index contributed by atoms with van der Waals surface area (Å²) in [5, 5.41) is 13.2. The van der Waals surface area contributed by atoms with E-state index in [1.165, 1.54) is 30.2 Å². The number of methoxy groups -OCH3 is 1. The van der Waals surface area contributed by atoms with Crippen LogP contribution in [0.3, 0.4) is 0 Å². The average Bonchev–Trinajstić information content (AvgIpc) is 3.39. The number of carbonyl (C=O) groups excluding carboxylic acids is 2. The molecule has 0 fully saturated rings. The Morgan fingerprint density at radius 3 is 2.67 bits per heavy atom. The van der Waals surface area contributed by atoms with Crippen LogP contribution in [0, 0.1) is 0 Å². The van der Waals surface area contributed by atoms with E-state index in [4.69, 9.17) is 32.7 Å². The Morgan fingerprint density at radius 2 is 2.00 bits per heavy atom. The Morgan fingerprint density at radius 1 is 1.21 bits per heavy atom. The Bertz CT molecular complexity index is 1150. The number of amides is 1. The molecule has 0 bridgehead atoms. The van der Waals surface area contributed by atoms with Crippen LogP contribution in [0.4, 0.5) is 5.00 Å². The van der Waals surface area contributed by atoms with Crippen LogP contribution in [0.15, 0.2) is 29.4 Å². The van der Waals surface area contributed by atoms with Crippen LogP contribution in [0.2, 0.25) is 10.0 Å². The summed E-state index contributed by atoms with van der Waals surface area (Å²) in [5.74, 6) is 0.451. The molecule has 0 saturated carbocycles. The topological polar surface area (TPSA) is 95.3 Å². The number of hydrogen-bond acceptors (Lipinski definition) is 8. The molecule has 0 saturated heterocycles. The molecule has 0 aliphatic rings. The van der Waals surface area contributed by atoms with Crippen molar-refractivity contribution in [3.05, 3.63) is 50.6 Å².